The van der Waals surface area contributed by atoms with Crippen LogP contribution < -0.4 is 5.63 Å². The molecular weight excluding hydrogens is 396 g/mol. The van der Waals surface area contributed by atoms with E-state index in [-0.39, 0.29) is 5.63 Å². The van der Waals surface area contributed by atoms with Gasteiger partial charge in [-0.05, 0) is 76.7 Å². The molecule has 1 aliphatic carbocycles. The Morgan fingerprint density at radius 3 is 2.86 bits per heavy atom. The van der Waals surface area contributed by atoms with Gasteiger partial charge >= 0.3 is 5.63 Å². The van der Waals surface area contributed by atoms with Crippen molar-refractivity contribution >= 4 is 34.3 Å². The number of hydrogen-bond donors (Lipinski definition) is 0. The summed E-state index contributed by atoms with van der Waals surface area (Å²) in [5.74, 6) is 0.557. The Morgan fingerprint density at radius 1 is 1.14 bits per heavy atom. The molecular formula is C20H15ClN4O2S. The van der Waals surface area contributed by atoms with Gasteiger partial charge in [0.1, 0.15) is 5.58 Å². The standard InChI is InChI=1S/C20H15ClN4O2S/c21-15-5-2-6-16(10-15)25-20(22-23-24-25)28-11-14-9-19(26)27-18-8-13-4-1-3-12(13)7-17(14)18/h2,5-10H,1,3-4,11H2. The summed E-state index contributed by atoms with van der Waals surface area (Å²) in [6.45, 7) is 0. The predicted octanol–water partition coefficient (Wildman–Crippen LogP) is 4.20. The van der Waals surface area contributed by atoms with Gasteiger partial charge in [0.05, 0.1) is 5.69 Å². The average molecular weight is 411 g/mol. The molecule has 140 valence electrons. The highest BCUT2D eigenvalue weighted by Crippen LogP contribution is 2.31. The molecule has 4 aromatic rings. The lowest BCUT2D eigenvalue weighted by atomic mass is 10.0. The quantitative estimate of drug-likeness (QED) is 0.370. The SMILES string of the molecule is O=c1cc(CSc2nnnn2-c2cccc(Cl)c2)c2cc3c(cc2o1)CCC3. The molecule has 5 rings (SSSR count). The Kier molecular flexibility index (Phi) is 4.41. The summed E-state index contributed by atoms with van der Waals surface area (Å²) in [5.41, 5.74) is 4.65. The summed E-state index contributed by atoms with van der Waals surface area (Å²) >= 11 is 7.55. The summed E-state index contributed by atoms with van der Waals surface area (Å²) in [6, 6.07) is 13.1. The second-order valence-corrected chi connectivity index (χ2v) is 8.08. The van der Waals surface area contributed by atoms with Crippen LogP contribution >= 0.6 is 23.4 Å². The van der Waals surface area contributed by atoms with Crippen molar-refractivity contribution in [3.8, 4) is 5.69 Å². The van der Waals surface area contributed by atoms with Crippen LogP contribution in [0.25, 0.3) is 16.7 Å². The molecule has 1 aliphatic rings. The summed E-state index contributed by atoms with van der Waals surface area (Å²) in [6.07, 6.45) is 3.26. The van der Waals surface area contributed by atoms with Gasteiger partial charge < -0.3 is 4.42 Å². The van der Waals surface area contributed by atoms with Crippen LogP contribution in [0, 0.1) is 0 Å². The van der Waals surface area contributed by atoms with Crippen LogP contribution in [-0.4, -0.2) is 20.2 Å². The molecule has 28 heavy (non-hydrogen) atoms. The van der Waals surface area contributed by atoms with Gasteiger partial charge in [0, 0.05) is 22.2 Å². The Labute approximate surface area is 169 Å². The largest absolute Gasteiger partial charge is 0.423 e. The minimum Gasteiger partial charge on any atom is -0.423 e. The fourth-order valence-corrected chi connectivity index (χ4v) is 4.66. The first-order valence-corrected chi connectivity index (χ1v) is 10.3. The highest BCUT2D eigenvalue weighted by molar-refractivity contribution is 7.98. The van der Waals surface area contributed by atoms with Crippen molar-refractivity contribution < 1.29 is 4.42 Å². The number of aromatic nitrogens is 4. The summed E-state index contributed by atoms with van der Waals surface area (Å²) < 4.78 is 7.09. The molecule has 0 spiro atoms. The molecule has 0 bridgehead atoms. The van der Waals surface area contributed by atoms with Crippen molar-refractivity contribution in [2.75, 3.05) is 0 Å². The zero-order valence-electron chi connectivity index (χ0n) is 14.8. The van der Waals surface area contributed by atoms with E-state index in [2.05, 4.69) is 21.6 Å². The molecule has 0 atom stereocenters. The highest BCUT2D eigenvalue weighted by atomic mass is 35.5. The van der Waals surface area contributed by atoms with E-state index in [4.69, 9.17) is 16.0 Å². The summed E-state index contributed by atoms with van der Waals surface area (Å²) in [5, 5.41) is 14.2. The lowest BCUT2D eigenvalue weighted by Gasteiger charge is -2.08. The number of fused-ring (bicyclic) bond motifs is 2. The van der Waals surface area contributed by atoms with Crippen LogP contribution in [0.1, 0.15) is 23.1 Å². The van der Waals surface area contributed by atoms with Gasteiger partial charge in [-0.2, -0.15) is 4.68 Å². The number of halogens is 1. The second-order valence-electron chi connectivity index (χ2n) is 6.70. The van der Waals surface area contributed by atoms with Crippen molar-refractivity contribution in [2.24, 2.45) is 0 Å². The van der Waals surface area contributed by atoms with Gasteiger partial charge in [0.15, 0.2) is 0 Å². The maximum Gasteiger partial charge on any atom is 0.336 e. The molecule has 0 radical (unpaired) electrons. The number of hydrogen-bond acceptors (Lipinski definition) is 6. The van der Waals surface area contributed by atoms with Gasteiger partial charge in [0.25, 0.3) is 0 Å². The maximum absolute atomic E-state index is 12.1. The Bertz CT molecular complexity index is 1250. The number of thioether (sulfide) groups is 1. The molecule has 0 saturated heterocycles. The van der Waals surface area contributed by atoms with Crippen LogP contribution in [0.15, 0.2) is 56.8 Å². The third-order valence-electron chi connectivity index (χ3n) is 4.89. The molecule has 8 heteroatoms. The van der Waals surface area contributed by atoms with E-state index in [0.717, 1.165) is 35.9 Å². The maximum atomic E-state index is 12.1. The van der Waals surface area contributed by atoms with Crippen LogP contribution in [0.4, 0.5) is 0 Å². The highest BCUT2D eigenvalue weighted by Gasteiger charge is 2.16. The number of nitrogens with zero attached hydrogens (tertiary/aromatic N) is 4. The lowest BCUT2D eigenvalue weighted by Crippen LogP contribution is -2.02. The molecule has 6 nitrogen and oxygen atoms in total. The van der Waals surface area contributed by atoms with Crippen LogP contribution in [0.3, 0.4) is 0 Å². The first-order chi connectivity index (χ1) is 13.7. The molecule has 0 aliphatic heterocycles. The molecule has 2 heterocycles. The minimum atomic E-state index is -0.338. The summed E-state index contributed by atoms with van der Waals surface area (Å²) in [7, 11) is 0. The van der Waals surface area contributed by atoms with Gasteiger partial charge in [-0.15, -0.1) is 5.10 Å². The third-order valence-corrected chi connectivity index (χ3v) is 6.10. The van der Waals surface area contributed by atoms with Gasteiger partial charge in [-0.1, -0.05) is 29.4 Å². The number of rotatable bonds is 4. The Balaban J connectivity index is 1.49. The Morgan fingerprint density at radius 2 is 2.00 bits per heavy atom. The van der Waals surface area contributed by atoms with Gasteiger partial charge in [-0.25, -0.2) is 4.79 Å². The molecule has 0 fully saturated rings. The zero-order valence-corrected chi connectivity index (χ0v) is 16.3. The van der Waals surface area contributed by atoms with Crippen molar-refractivity contribution in [2.45, 2.75) is 30.2 Å². The van der Waals surface area contributed by atoms with E-state index in [1.807, 2.05) is 18.2 Å². The second kappa shape index (κ2) is 7.07. The monoisotopic (exact) mass is 410 g/mol. The predicted molar refractivity (Wildman–Crippen MR) is 108 cm³/mol. The van der Waals surface area contributed by atoms with E-state index < -0.39 is 0 Å². The first kappa shape index (κ1) is 17.5. The minimum absolute atomic E-state index is 0.338. The van der Waals surface area contributed by atoms with Gasteiger partial charge in [0.2, 0.25) is 5.16 Å². The van der Waals surface area contributed by atoms with E-state index in [1.165, 1.54) is 22.9 Å². The molecule has 0 saturated carbocycles. The first-order valence-electron chi connectivity index (χ1n) is 8.93. The van der Waals surface area contributed by atoms with Crippen LogP contribution in [0.2, 0.25) is 5.02 Å². The molecule has 2 aromatic heterocycles. The van der Waals surface area contributed by atoms with Crippen molar-refractivity contribution in [1.82, 2.24) is 20.2 Å². The Hall–Kier alpha value is -2.64. The van der Waals surface area contributed by atoms with Crippen LogP contribution in [0.5, 0.6) is 0 Å². The van der Waals surface area contributed by atoms with Crippen molar-refractivity contribution in [3.63, 3.8) is 0 Å². The lowest BCUT2D eigenvalue weighted by molar-refractivity contribution is 0.559. The van der Waals surface area contributed by atoms with E-state index in [9.17, 15) is 4.79 Å². The smallest absolute Gasteiger partial charge is 0.336 e. The molecule has 2 aromatic carbocycles. The normalized spacial score (nSPS) is 13.2. The fourth-order valence-electron chi connectivity index (χ4n) is 3.60. The number of benzene rings is 2. The zero-order chi connectivity index (χ0) is 19.1. The van der Waals surface area contributed by atoms with Gasteiger partial charge in [-0.3, -0.25) is 0 Å². The summed E-state index contributed by atoms with van der Waals surface area (Å²) in [4.78, 5) is 12.1. The van der Waals surface area contributed by atoms with E-state index >= 15 is 0 Å². The third kappa shape index (κ3) is 3.21. The molecule has 0 unspecified atom stereocenters. The van der Waals surface area contributed by atoms with Crippen molar-refractivity contribution in [1.29, 1.82) is 0 Å². The number of tetrazole rings is 1. The molecule has 0 N–H and O–H groups in total. The average Bonchev–Trinajstić information content (AvgIpc) is 3.33. The fraction of sp³-hybridized carbons (Fsp3) is 0.200. The van der Waals surface area contributed by atoms with Crippen LogP contribution in [-0.2, 0) is 18.6 Å². The van der Waals surface area contributed by atoms with E-state index in [1.54, 1.807) is 22.9 Å². The molecule has 0 amide bonds. The van der Waals surface area contributed by atoms with E-state index in [0.29, 0.717) is 21.5 Å². The number of aryl methyl sites for hydroxylation is 2. The van der Waals surface area contributed by atoms with Crippen molar-refractivity contribution in [3.05, 3.63) is 74.6 Å². The topological polar surface area (TPSA) is 73.8 Å².